The van der Waals surface area contributed by atoms with Gasteiger partial charge < -0.3 is 5.32 Å². The van der Waals surface area contributed by atoms with Crippen molar-refractivity contribution in [3.63, 3.8) is 0 Å². The molecule has 2 aromatic carbocycles. The molecule has 2 aromatic rings. The summed E-state index contributed by atoms with van der Waals surface area (Å²) in [6, 6.07) is 15.3. The summed E-state index contributed by atoms with van der Waals surface area (Å²) < 4.78 is 12.7. The third kappa shape index (κ3) is 4.65. The number of halogens is 1. The first kappa shape index (κ1) is 14.6. The van der Waals surface area contributed by atoms with Crippen LogP contribution in [-0.4, -0.2) is 12.5 Å². The molecule has 0 radical (unpaired) electrons. The van der Waals surface area contributed by atoms with E-state index in [9.17, 15) is 9.18 Å². The molecule has 0 aliphatic rings. The number of hydrogen-bond donors (Lipinski definition) is 3. The highest BCUT2D eigenvalue weighted by molar-refractivity contribution is 5.81. The Labute approximate surface area is 122 Å². The van der Waals surface area contributed by atoms with Crippen LogP contribution in [0.4, 0.5) is 10.1 Å². The highest BCUT2D eigenvalue weighted by Crippen LogP contribution is 2.08. The van der Waals surface area contributed by atoms with Gasteiger partial charge in [-0.1, -0.05) is 36.9 Å². The van der Waals surface area contributed by atoms with E-state index in [4.69, 9.17) is 0 Å². The minimum atomic E-state index is -0.314. The van der Waals surface area contributed by atoms with E-state index >= 15 is 0 Å². The fourth-order valence-electron chi connectivity index (χ4n) is 1.65. The van der Waals surface area contributed by atoms with Crippen molar-refractivity contribution < 1.29 is 9.18 Å². The molecule has 0 atom stereocenters. The minimum Gasteiger partial charge on any atom is -0.376 e. The zero-order valence-electron chi connectivity index (χ0n) is 11.4. The zero-order chi connectivity index (χ0) is 15.1. The van der Waals surface area contributed by atoms with Crippen molar-refractivity contribution >= 4 is 17.3 Å². The van der Waals surface area contributed by atoms with Gasteiger partial charge in [-0.05, 0) is 29.8 Å². The zero-order valence-corrected chi connectivity index (χ0v) is 11.4. The second-order valence-electron chi connectivity index (χ2n) is 4.38. The molecule has 5 heteroatoms. The van der Waals surface area contributed by atoms with Crippen molar-refractivity contribution in [2.24, 2.45) is 0 Å². The molecule has 0 saturated heterocycles. The maximum Gasteiger partial charge on any atom is 0.257 e. The monoisotopic (exact) mass is 285 g/mol. The normalized spacial score (nSPS) is 9.76. The van der Waals surface area contributed by atoms with Gasteiger partial charge in [0.05, 0.1) is 12.2 Å². The van der Waals surface area contributed by atoms with Gasteiger partial charge >= 0.3 is 0 Å². The molecule has 2 rings (SSSR count). The number of nitrogens with one attached hydrogen (secondary N) is 3. The van der Waals surface area contributed by atoms with Crippen LogP contribution in [0.1, 0.15) is 5.56 Å². The van der Waals surface area contributed by atoms with E-state index in [0.29, 0.717) is 11.4 Å². The summed E-state index contributed by atoms with van der Waals surface area (Å²) in [7, 11) is 0. The molecule has 0 saturated carbocycles. The second-order valence-corrected chi connectivity index (χ2v) is 4.38. The van der Waals surface area contributed by atoms with Crippen molar-refractivity contribution in [1.82, 2.24) is 10.9 Å². The molecule has 21 heavy (non-hydrogen) atoms. The lowest BCUT2D eigenvalue weighted by Crippen LogP contribution is -2.39. The lowest BCUT2D eigenvalue weighted by Gasteiger charge is -2.12. The van der Waals surface area contributed by atoms with Crippen LogP contribution >= 0.6 is 0 Å². The Morgan fingerprint density at radius 3 is 2.33 bits per heavy atom. The molecule has 0 heterocycles. The second kappa shape index (κ2) is 7.09. The van der Waals surface area contributed by atoms with Gasteiger partial charge in [0.2, 0.25) is 0 Å². The quantitative estimate of drug-likeness (QED) is 0.715. The Morgan fingerprint density at radius 2 is 1.67 bits per heavy atom. The summed E-state index contributed by atoms with van der Waals surface area (Å²) in [6.45, 7) is 3.91. The Morgan fingerprint density at radius 1 is 1.00 bits per heavy atom. The molecule has 0 fully saturated rings. The van der Waals surface area contributed by atoms with Crippen LogP contribution < -0.4 is 16.2 Å². The molecule has 0 unspecified atom stereocenters. The standard InChI is InChI=1S/C16H16FN3O/c1-12(13-5-3-2-4-6-13)19-20-16(21)11-18-15-9-7-14(17)8-10-15/h2-10,18-19H,1,11H2,(H,20,21). The first-order chi connectivity index (χ1) is 10.1. The largest absolute Gasteiger partial charge is 0.376 e. The molecule has 0 aliphatic heterocycles. The van der Waals surface area contributed by atoms with Gasteiger partial charge in [-0.3, -0.25) is 15.6 Å². The van der Waals surface area contributed by atoms with Crippen LogP contribution in [-0.2, 0) is 4.79 Å². The summed E-state index contributed by atoms with van der Waals surface area (Å²) >= 11 is 0. The van der Waals surface area contributed by atoms with E-state index in [1.54, 1.807) is 12.1 Å². The first-order valence-corrected chi connectivity index (χ1v) is 6.44. The van der Waals surface area contributed by atoms with E-state index in [1.165, 1.54) is 12.1 Å². The molecule has 0 aliphatic carbocycles. The number of amides is 1. The number of hydrazine groups is 1. The van der Waals surface area contributed by atoms with Gasteiger partial charge in [-0.2, -0.15) is 0 Å². The highest BCUT2D eigenvalue weighted by Gasteiger charge is 2.02. The fraction of sp³-hybridized carbons (Fsp3) is 0.0625. The summed E-state index contributed by atoms with van der Waals surface area (Å²) in [4.78, 5) is 11.7. The van der Waals surface area contributed by atoms with Crippen LogP contribution in [0.15, 0.2) is 61.2 Å². The summed E-state index contributed by atoms with van der Waals surface area (Å²) in [5.74, 6) is -0.567. The SMILES string of the molecule is C=C(NNC(=O)CNc1ccc(F)cc1)c1ccccc1. The van der Waals surface area contributed by atoms with E-state index in [0.717, 1.165) is 5.56 Å². The van der Waals surface area contributed by atoms with Crippen LogP contribution in [0.25, 0.3) is 5.70 Å². The van der Waals surface area contributed by atoms with Crippen molar-refractivity contribution in [3.8, 4) is 0 Å². The van der Waals surface area contributed by atoms with Crippen LogP contribution in [0, 0.1) is 5.82 Å². The Balaban J connectivity index is 1.75. The Bertz CT molecular complexity index is 611. The van der Waals surface area contributed by atoms with Crippen LogP contribution in [0.5, 0.6) is 0 Å². The summed E-state index contributed by atoms with van der Waals surface area (Å²) in [5.41, 5.74) is 7.46. The van der Waals surface area contributed by atoms with Gasteiger partial charge in [0.25, 0.3) is 5.91 Å². The summed E-state index contributed by atoms with van der Waals surface area (Å²) in [5, 5.41) is 2.89. The third-order valence-corrected chi connectivity index (χ3v) is 2.77. The number of hydrogen-bond acceptors (Lipinski definition) is 3. The van der Waals surface area contributed by atoms with Crippen LogP contribution in [0.3, 0.4) is 0 Å². The number of carbonyl (C=O) groups is 1. The molecule has 4 nitrogen and oxygen atoms in total. The number of anilines is 1. The predicted molar refractivity (Wildman–Crippen MR) is 81.6 cm³/mol. The van der Waals surface area contributed by atoms with Gasteiger partial charge in [0.1, 0.15) is 5.82 Å². The van der Waals surface area contributed by atoms with Crippen molar-refractivity contribution in [2.45, 2.75) is 0 Å². The molecule has 0 spiro atoms. The molecular formula is C16H16FN3O. The number of carbonyl (C=O) groups excluding carboxylic acids is 1. The Hall–Kier alpha value is -2.82. The smallest absolute Gasteiger partial charge is 0.257 e. The van der Waals surface area contributed by atoms with E-state index in [1.807, 2.05) is 30.3 Å². The predicted octanol–water partition coefficient (Wildman–Crippen LogP) is 2.53. The topological polar surface area (TPSA) is 53.2 Å². The van der Waals surface area contributed by atoms with Crippen LogP contribution in [0.2, 0.25) is 0 Å². The third-order valence-electron chi connectivity index (χ3n) is 2.77. The first-order valence-electron chi connectivity index (χ1n) is 6.44. The molecular weight excluding hydrogens is 269 g/mol. The maximum atomic E-state index is 12.7. The van der Waals surface area contributed by atoms with Crippen molar-refractivity contribution in [2.75, 3.05) is 11.9 Å². The van der Waals surface area contributed by atoms with Crippen molar-refractivity contribution in [3.05, 3.63) is 72.6 Å². The van der Waals surface area contributed by atoms with Crippen molar-refractivity contribution in [1.29, 1.82) is 0 Å². The van der Waals surface area contributed by atoms with Gasteiger partial charge in [-0.25, -0.2) is 4.39 Å². The maximum absolute atomic E-state index is 12.7. The number of rotatable bonds is 6. The van der Waals surface area contributed by atoms with E-state index in [-0.39, 0.29) is 18.3 Å². The lowest BCUT2D eigenvalue weighted by molar-refractivity contribution is -0.120. The van der Waals surface area contributed by atoms with Gasteiger partial charge in [0, 0.05) is 5.69 Å². The molecule has 108 valence electrons. The van der Waals surface area contributed by atoms with Gasteiger partial charge in [-0.15, -0.1) is 0 Å². The molecule has 1 amide bonds. The van der Waals surface area contributed by atoms with E-state index in [2.05, 4.69) is 22.7 Å². The molecule has 3 N–H and O–H groups in total. The molecule has 0 aromatic heterocycles. The lowest BCUT2D eigenvalue weighted by atomic mass is 10.2. The number of benzene rings is 2. The fourth-order valence-corrected chi connectivity index (χ4v) is 1.65. The highest BCUT2D eigenvalue weighted by atomic mass is 19.1. The average molecular weight is 285 g/mol. The van der Waals surface area contributed by atoms with Gasteiger partial charge in [0.15, 0.2) is 0 Å². The average Bonchev–Trinajstić information content (AvgIpc) is 2.53. The Kier molecular flexibility index (Phi) is 4.93. The molecule has 0 bridgehead atoms. The van der Waals surface area contributed by atoms with E-state index < -0.39 is 0 Å². The summed E-state index contributed by atoms with van der Waals surface area (Å²) in [6.07, 6.45) is 0. The minimum absolute atomic E-state index is 0.0701.